The van der Waals surface area contributed by atoms with Crippen molar-refractivity contribution in [3.05, 3.63) is 36.0 Å². The summed E-state index contributed by atoms with van der Waals surface area (Å²) < 4.78 is 47.0. The molecule has 0 atom stereocenters. The Labute approximate surface area is 151 Å². The summed E-state index contributed by atoms with van der Waals surface area (Å²) in [6, 6.07) is 6.95. The summed E-state index contributed by atoms with van der Waals surface area (Å²) in [5.74, 6) is -0.292. The van der Waals surface area contributed by atoms with Gasteiger partial charge in [0.25, 0.3) is 10.0 Å². The molecule has 1 aromatic carbocycles. The zero-order valence-corrected chi connectivity index (χ0v) is 15.0. The van der Waals surface area contributed by atoms with Crippen LogP contribution in [-0.2, 0) is 19.5 Å². The normalized spacial score (nSPS) is 11.4. The van der Waals surface area contributed by atoms with Crippen LogP contribution in [0.15, 0.2) is 39.8 Å². The van der Waals surface area contributed by atoms with Crippen molar-refractivity contribution in [1.82, 2.24) is 5.16 Å². The Morgan fingerprint density at radius 2 is 2.00 bits per heavy atom. The number of rotatable bonds is 10. The number of hydrogen-bond acceptors (Lipinski definition) is 9. The van der Waals surface area contributed by atoms with Gasteiger partial charge in [-0.1, -0.05) is 17.3 Å². The molecule has 0 spiro atoms. The van der Waals surface area contributed by atoms with E-state index < -0.39 is 17.3 Å². The molecule has 0 aliphatic rings. The van der Waals surface area contributed by atoms with Crippen molar-refractivity contribution in [3.63, 3.8) is 0 Å². The van der Waals surface area contributed by atoms with Gasteiger partial charge in [0, 0.05) is 13.2 Å². The van der Waals surface area contributed by atoms with Crippen molar-refractivity contribution in [2.45, 2.75) is 11.8 Å². The minimum Gasteiger partial charge on any atom is -0.511 e. The molecule has 0 amide bonds. The van der Waals surface area contributed by atoms with Crippen molar-refractivity contribution in [3.8, 4) is 5.75 Å². The number of benzene rings is 1. The highest BCUT2D eigenvalue weighted by Gasteiger charge is 2.32. The van der Waals surface area contributed by atoms with Gasteiger partial charge in [-0.25, -0.2) is 12.7 Å². The van der Waals surface area contributed by atoms with Crippen LogP contribution in [0.25, 0.3) is 0 Å². The number of aromatic nitrogens is 1. The van der Waals surface area contributed by atoms with Gasteiger partial charge in [-0.15, -0.1) is 0 Å². The highest BCUT2D eigenvalue weighted by Crippen LogP contribution is 2.30. The van der Waals surface area contributed by atoms with Crippen LogP contribution in [0.4, 0.5) is 5.88 Å². The van der Waals surface area contributed by atoms with Crippen LogP contribution in [0.2, 0.25) is 0 Å². The highest BCUT2D eigenvalue weighted by atomic mass is 32.2. The molecule has 0 radical (unpaired) electrons. The van der Waals surface area contributed by atoms with Gasteiger partial charge in [0.1, 0.15) is 17.4 Å². The molecular formula is C14H19BN2O8S. The summed E-state index contributed by atoms with van der Waals surface area (Å²) in [4.78, 5) is -0.294. The van der Waals surface area contributed by atoms with E-state index in [1.165, 1.54) is 37.4 Å². The van der Waals surface area contributed by atoms with Crippen LogP contribution in [0, 0.1) is 6.92 Å². The van der Waals surface area contributed by atoms with Crippen LogP contribution in [-0.4, -0.2) is 58.0 Å². The van der Waals surface area contributed by atoms with Crippen molar-refractivity contribution in [2.24, 2.45) is 0 Å². The van der Waals surface area contributed by atoms with Crippen LogP contribution in [0.3, 0.4) is 0 Å². The van der Waals surface area contributed by atoms with Crippen LogP contribution < -0.4 is 8.96 Å². The van der Waals surface area contributed by atoms with E-state index in [0.717, 1.165) is 4.31 Å². The van der Waals surface area contributed by atoms with E-state index in [9.17, 15) is 8.42 Å². The minimum absolute atomic E-state index is 0.0562. The van der Waals surface area contributed by atoms with E-state index in [2.05, 4.69) is 5.16 Å². The maximum atomic E-state index is 13.1. The maximum Gasteiger partial charge on any atom is 0.707 e. The number of methoxy groups -OCH3 is 1. The first-order valence-electron chi connectivity index (χ1n) is 7.51. The molecule has 0 aliphatic heterocycles. The molecule has 12 heteroatoms. The number of anilines is 1. The zero-order chi connectivity index (χ0) is 19.2. The van der Waals surface area contributed by atoms with Crippen LogP contribution in [0.5, 0.6) is 5.75 Å². The SMILES string of the molecule is COCCOCN(c1cc(C)no1)S(=O)(=O)c1ccccc1OB(O)O. The topological polar surface area (TPSA) is 132 Å². The van der Waals surface area contributed by atoms with E-state index in [1.807, 2.05) is 0 Å². The number of para-hydroxylation sites is 1. The summed E-state index contributed by atoms with van der Waals surface area (Å²) >= 11 is 0. The summed E-state index contributed by atoms with van der Waals surface area (Å²) in [5.41, 5.74) is 0.479. The lowest BCUT2D eigenvalue weighted by atomic mass is 10.2. The molecule has 1 heterocycles. The lowest BCUT2D eigenvalue weighted by Gasteiger charge is -2.22. The quantitative estimate of drug-likeness (QED) is 0.333. The molecule has 142 valence electrons. The molecular weight excluding hydrogens is 367 g/mol. The van der Waals surface area contributed by atoms with Gasteiger partial charge in [-0.2, -0.15) is 0 Å². The van der Waals surface area contributed by atoms with Crippen molar-refractivity contribution >= 4 is 23.2 Å². The third kappa shape index (κ3) is 4.96. The molecule has 0 bridgehead atoms. The Morgan fingerprint density at radius 1 is 1.27 bits per heavy atom. The van der Waals surface area contributed by atoms with Gasteiger partial charge in [-0.05, 0) is 19.1 Å². The van der Waals surface area contributed by atoms with E-state index in [1.54, 1.807) is 6.92 Å². The number of nitrogens with zero attached hydrogens (tertiary/aromatic N) is 2. The molecule has 0 fully saturated rings. The molecule has 0 saturated heterocycles. The maximum absolute atomic E-state index is 13.1. The van der Waals surface area contributed by atoms with Gasteiger partial charge in [0.2, 0.25) is 5.88 Å². The monoisotopic (exact) mass is 386 g/mol. The van der Waals surface area contributed by atoms with Gasteiger partial charge < -0.3 is 28.7 Å². The van der Waals surface area contributed by atoms with Gasteiger partial charge in [0.15, 0.2) is 0 Å². The average Bonchev–Trinajstić information content (AvgIpc) is 3.00. The fourth-order valence-electron chi connectivity index (χ4n) is 2.00. The standard InChI is InChI=1S/C14H19BN2O8S/c1-11-9-14(25-16-11)17(10-23-8-7-22-2)26(20,21)13-6-4-3-5-12(13)24-15(18)19/h3-6,9,18-19H,7-8,10H2,1-2H3. The predicted octanol–water partition coefficient (Wildman–Crippen LogP) is 0.147. The second-order valence-corrected chi connectivity index (χ2v) is 6.91. The van der Waals surface area contributed by atoms with Crippen molar-refractivity contribution < 1.29 is 37.1 Å². The summed E-state index contributed by atoms with van der Waals surface area (Å²) in [5, 5.41) is 21.7. The summed E-state index contributed by atoms with van der Waals surface area (Å²) in [6.45, 7) is 1.71. The molecule has 2 N–H and O–H groups in total. The van der Waals surface area contributed by atoms with E-state index >= 15 is 0 Å². The lowest BCUT2D eigenvalue weighted by molar-refractivity contribution is 0.0744. The lowest BCUT2D eigenvalue weighted by Crippen LogP contribution is -2.34. The molecule has 0 saturated carbocycles. The molecule has 0 unspecified atom stereocenters. The largest absolute Gasteiger partial charge is 0.707 e. The molecule has 2 rings (SSSR count). The Bertz CT molecular complexity index is 811. The second-order valence-electron chi connectivity index (χ2n) is 5.08. The molecule has 1 aromatic heterocycles. The van der Waals surface area contributed by atoms with Crippen LogP contribution in [0.1, 0.15) is 5.69 Å². The van der Waals surface area contributed by atoms with Gasteiger partial charge >= 0.3 is 7.32 Å². The predicted molar refractivity (Wildman–Crippen MR) is 90.9 cm³/mol. The summed E-state index contributed by atoms with van der Waals surface area (Å²) in [6.07, 6.45) is 0. The number of aryl methyl sites for hydroxylation is 1. The first kappa shape index (κ1) is 20.2. The highest BCUT2D eigenvalue weighted by molar-refractivity contribution is 7.93. The second kappa shape index (κ2) is 9.01. The Hall–Kier alpha value is -2.12. The third-order valence-electron chi connectivity index (χ3n) is 3.15. The summed E-state index contributed by atoms with van der Waals surface area (Å²) in [7, 11) is -4.90. The Kier molecular flexibility index (Phi) is 7.00. The van der Waals surface area contributed by atoms with Gasteiger partial charge in [0.05, 0.1) is 18.9 Å². The van der Waals surface area contributed by atoms with E-state index in [-0.39, 0.29) is 36.5 Å². The van der Waals surface area contributed by atoms with Crippen molar-refractivity contribution in [2.75, 3.05) is 31.4 Å². The van der Waals surface area contributed by atoms with Gasteiger partial charge in [-0.3, -0.25) is 0 Å². The number of hydrogen-bond donors (Lipinski definition) is 2. The fourth-order valence-corrected chi connectivity index (χ4v) is 3.40. The molecule has 0 aliphatic carbocycles. The first-order chi connectivity index (χ1) is 12.4. The molecule has 2 aromatic rings. The number of ether oxygens (including phenoxy) is 2. The average molecular weight is 386 g/mol. The fraction of sp³-hybridized carbons (Fsp3) is 0.357. The molecule has 10 nitrogen and oxygen atoms in total. The molecule has 26 heavy (non-hydrogen) atoms. The van der Waals surface area contributed by atoms with Crippen molar-refractivity contribution in [1.29, 1.82) is 0 Å². The smallest absolute Gasteiger partial charge is 0.511 e. The van der Waals surface area contributed by atoms with Crippen LogP contribution >= 0.6 is 0 Å². The van der Waals surface area contributed by atoms with E-state index in [0.29, 0.717) is 5.69 Å². The van der Waals surface area contributed by atoms with E-state index in [4.69, 9.17) is 28.7 Å². The number of sulfonamides is 1. The zero-order valence-electron chi connectivity index (χ0n) is 14.2. The Balaban J connectivity index is 2.39. The minimum atomic E-state index is -4.22. The third-order valence-corrected chi connectivity index (χ3v) is 4.91. The Morgan fingerprint density at radius 3 is 2.62 bits per heavy atom. The first-order valence-corrected chi connectivity index (χ1v) is 8.95.